The van der Waals surface area contributed by atoms with Gasteiger partial charge in [-0.25, -0.2) is 8.78 Å². The number of halogens is 2. The van der Waals surface area contributed by atoms with Gasteiger partial charge in [-0.2, -0.15) is 0 Å². The van der Waals surface area contributed by atoms with E-state index in [1.54, 1.807) is 24.4 Å². The summed E-state index contributed by atoms with van der Waals surface area (Å²) in [5.41, 5.74) is 2.71. The van der Waals surface area contributed by atoms with Crippen molar-refractivity contribution in [1.29, 1.82) is 0 Å². The van der Waals surface area contributed by atoms with Crippen LogP contribution < -0.4 is 0 Å². The lowest BCUT2D eigenvalue weighted by molar-refractivity contribution is 0.525. The van der Waals surface area contributed by atoms with Gasteiger partial charge >= 0.3 is 0 Å². The van der Waals surface area contributed by atoms with Crippen molar-refractivity contribution in [3.05, 3.63) is 78.0 Å². The highest BCUT2D eigenvalue weighted by molar-refractivity contribution is 6.08. The molecular weight excluding hydrogens is 316 g/mol. The normalized spacial score (nSPS) is 11.6. The van der Waals surface area contributed by atoms with Gasteiger partial charge in [0.15, 0.2) is 11.6 Å². The van der Waals surface area contributed by atoms with Crippen LogP contribution in [0.25, 0.3) is 32.8 Å². The molecule has 1 aromatic heterocycles. The van der Waals surface area contributed by atoms with Crippen LogP contribution in [0.3, 0.4) is 0 Å². The Hall–Kier alpha value is -2.81. The summed E-state index contributed by atoms with van der Waals surface area (Å²) in [7, 11) is 0. The first-order chi connectivity index (χ1) is 12.1. The fourth-order valence-corrected chi connectivity index (χ4v) is 3.23. The van der Waals surface area contributed by atoms with E-state index >= 15 is 0 Å². The van der Waals surface area contributed by atoms with E-state index < -0.39 is 11.6 Å². The van der Waals surface area contributed by atoms with E-state index in [0.717, 1.165) is 16.8 Å². The maximum Gasteiger partial charge on any atom is 0.167 e. The molecule has 3 heteroatoms. The number of rotatable bonds is 2. The van der Waals surface area contributed by atoms with E-state index in [2.05, 4.69) is 18.8 Å². The van der Waals surface area contributed by atoms with Gasteiger partial charge in [0.2, 0.25) is 0 Å². The first kappa shape index (κ1) is 15.7. The van der Waals surface area contributed by atoms with Crippen molar-refractivity contribution in [2.24, 2.45) is 0 Å². The van der Waals surface area contributed by atoms with Crippen molar-refractivity contribution in [1.82, 2.24) is 4.98 Å². The molecule has 0 aliphatic carbocycles. The van der Waals surface area contributed by atoms with Gasteiger partial charge in [-0.05, 0) is 40.5 Å². The van der Waals surface area contributed by atoms with Crippen molar-refractivity contribution in [2.45, 2.75) is 19.8 Å². The van der Waals surface area contributed by atoms with Gasteiger partial charge in [-0.1, -0.05) is 50.2 Å². The van der Waals surface area contributed by atoms with E-state index in [0.29, 0.717) is 22.1 Å². The predicted octanol–water partition coefficient (Wildman–Crippen LogP) is 6.46. The molecule has 0 N–H and O–H groups in total. The topological polar surface area (TPSA) is 12.9 Å². The molecule has 0 amide bonds. The summed E-state index contributed by atoms with van der Waals surface area (Å²) in [4.78, 5) is 4.40. The molecule has 0 saturated heterocycles. The second-order valence-electron chi connectivity index (χ2n) is 6.56. The maximum atomic E-state index is 14.6. The Labute approximate surface area is 144 Å². The third-order valence-electron chi connectivity index (χ3n) is 4.65. The van der Waals surface area contributed by atoms with Crippen LogP contribution in [-0.2, 0) is 0 Å². The minimum absolute atomic E-state index is 0.283. The first-order valence-electron chi connectivity index (χ1n) is 8.32. The van der Waals surface area contributed by atoms with Crippen LogP contribution in [0.5, 0.6) is 0 Å². The molecule has 0 radical (unpaired) electrons. The van der Waals surface area contributed by atoms with Gasteiger partial charge in [0.05, 0.1) is 5.69 Å². The molecule has 25 heavy (non-hydrogen) atoms. The third-order valence-corrected chi connectivity index (χ3v) is 4.65. The molecule has 3 aromatic carbocycles. The monoisotopic (exact) mass is 333 g/mol. The lowest BCUT2D eigenvalue weighted by atomic mass is 9.97. The standard InChI is InChI=1S/C22H17F2N/c1-13(2)14-9-10-25-20(12-14)15-7-8-17-16-5-3-4-6-18(16)21(23)22(24)19(17)11-15/h3-13H,1-2H3. The van der Waals surface area contributed by atoms with E-state index in [9.17, 15) is 8.78 Å². The van der Waals surface area contributed by atoms with Crippen LogP contribution in [0.1, 0.15) is 25.3 Å². The Bertz CT molecular complexity index is 1100. The summed E-state index contributed by atoms with van der Waals surface area (Å²) in [5, 5.41) is 2.01. The zero-order valence-corrected chi connectivity index (χ0v) is 14.1. The second-order valence-corrected chi connectivity index (χ2v) is 6.56. The van der Waals surface area contributed by atoms with Gasteiger partial charge < -0.3 is 0 Å². The molecule has 0 fully saturated rings. The number of hydrogen-bond donors (Lipinski definition) is 0. The molecule has 1 nitrogen and oxygen atoms in total. The van der Waals surface area contributed by atoms with E-state index in [4.69, 9.17) is 0 Å². The molecule has 0 atom stereocenters. The van der Waals surface area contributed by atoms with Gasteiger partial charge in [0, 0.05) is 22.5 Å². The number of aromatic nitrogens is 1. The average Bonchev–Trinajstić information content (AvgIpc) is 2.66. The van der Waals surface area contributed by atoms with Crippen LogP contribution in [0, 0.1) is 11.6 Å². The van der Waals surface area contributed by atoms with Gasteiger partial charge in [0.1, 0.15) is 0 Å². The first-order valence-corrected chi connectivity index (χ1v) is 8.32. The Balaban J connectivity index is 1.99. The van der Waals surface area contributed by atoms with Crippen molar-refractivity contribution < 1.29 is 8.78 Å². The van der Waals surface area contributed by atoms with Crippen LogP contribution in [0.15, 0.2) is 60.8 Å². The molecule has 0 aliphatic heterocycles. The molecule has 4 aromatic rings. The average molecular weight is 333 g/mol. The summed E-state index contributed by atoms with van der Waals surface area (Å²) in [6.07, 6.45) is 1.76. The van der Waals surface area contributed by atoms with E-state index in [-0.39, 0.29) is 5.39 Å². The number of hydrogen-bond acceptors (Lipinski definition) is 1. The van der Waals surface area contributed by atoms with Gasteiger partial charge in [-0.3, -0.25) is 4.98 Å². The second kappa shape index (κ2) is 5.92. The number of benzene rings is 3. The maximum absolute atomic E-state index is 14.6. The fourth-order valence-electron chi connectivity index (χ4n) is 3.23. The molecule has 0 aliphatic rings. The number of nitrogens with zero attached hydrogens (tertiary/aromatic N) is 1. The molecule has 124 valence electrons. The van der Waals surface area contributed by atoms with E-state index in [1.807, 2.05) is 36.4 Å². The lowest BCUT2D eigenvalue weighted by Gasteiger charge is -2.11. The Morgan fingerprint density at radius 1 is 0.760 bits per heavy atom. The quantitative estimate of drug-likeness (QED) is 0.384. The highest BCUT2D eigenvalue weighted by Crippen LogP contribution is 2.33. The Morgan fingerprint density at radius 3 is 2.20 bits per heavy atom. The number of fused-ring (bicyclic) bond motifs is 3. The van der Waals surface area contributed by atoms with Crippen LogP contribution in [0.2, 0.25) is 0 Å². The zero-order chi connectivity index (χ0) is 17.6. The highest BCUT2D eigenvalue weighted by Gasteiger charge is 2.15. The summed E-state index contributed by atoms with van der Waals surface area (Å²) in [5.74, 6) is -1.24. The Kier molecular flexibility index (Phi) is 3.72. The van der Waals surface area contributed by atoms with Crippen LogP contribution in [-0.4, -0.2) is 4.98 Å². The summed E-state index contributed by atoms with van der Waals surface area (Å²) in [6.45, 7) is 4.22. The Morgan fingerprint density at radius 2 is 1.44 bits per heavy atom. The third kappa shape index (κ3) is 2.56. The molecular formula is C22H17F2N. The van der Waals surface area contributed by atoms with Crippen LogP contribution >= 0.6 is 0 Å². The molecule has 4 rings (SSSR count). The predicted molar refractivity (Wildman–Crippen MR) is 98.7 cm³/mol. The fraction of sp³-hybridized carbons (Fsp3) is 0.136. The zero-order valence-electron chi connectivity index (χ0n) is 14.1. The minimum atomic E-state index is -0.810. The van der Waals surface area contributed by atoms with Crippen molar-refractivity contribution in [3.63, 3.8) is 0 Å². The van der Waals surface area contributed by atoms with Gasteiger partial charge in [0.25, 0.3) is 0 Å². The molecule has 1 heterocycles. The minimum Gasteiger partial charge on any atom is -0.256 e. The van der Waals surface area contributed by atoms with Gasteiger partial charge in [-0.15, -0.1) is 0 Å². The molecule has 0 unspecified atom stereocenters. The summed E-state index contributed by atoms with van der Waals surface area (Å²) < 4.78 is 29.1. The summed E-state index contributed by atoms with van der Waals surface area (Å²) in [6, 6.07) is 16.4. The van der Waals surface area contributed by atoms with E-state index in [1.165, 1.54) is 0 Å². The smallest absolute Gasteiger partial charge is 0.167 e. The highest BCUT2D eigenvalue weighted by atomic mass is 19.2. The SMILES string of the molecule is CC(C)c1ccnc(-c2ccc3c(c2)c(F)c(F)c2ccccc23)c1. The number of pyridine rings is 1. The van der Waals surface area contributed by atoms with Crippen LogP contribution in [0.4, 0.5) is 8.78 Å². The molecule has 0 bridgehead atoms. The molecule has 0 saturated carbocycles. The van der Waals surface area contributed by atoms with Crippen molar-refractivity contribution in [2.75, 3.05) is 0 Å². The summed E-state index contributed by atoms with van der Waals surface area (Å²) >= 11 is 0. The lowest BCUT2D eigenvalue weighted by Crippen LogP contribution is -1.93. The van der Waals surface area contributed by atoms with Crippen molar-refractivity contribution in [3.8, 4) is 11.3 Å². The largest absolute Gasteiger partial charge is 0.256 e. The van der Waals surface area contributed by atoms with Crippen molar-refractivity contribution >= 4 is 21.5 Å². The molecule has 0 spiro atoms.